The maximum absolute atomic E-state index is 12.0. The molecule has 16 heavy (non-hydrogen) atoms. The molecule has 1 atom stereocenters. The molecule has 3 N–H and O–H groups in total. The topological polar surface area (TPSA) is 57.2 Å². The Bertz CT molecular complexity index is 323. The summed E-state index contributed by atoms with van der Waals surface area (Å²) in [7, 11) is 0. The lowest BCUT2D eigenvalue weighted by Crippen LogP contribution is -2.26. The Morgan fingerprint density at radius 2 is 2.19 bits per heavy atom. The van der Waals surface area contributed by atoms with Crippen molar-refractivity contribution in [3.05, 3.63) is 18.3 Å². The summed E-state index contributed by atoms with van der Waals surface area (Å²) in [5.41, 5.74) is 0.644. The second kappa shape index (κ2) is 6.22. The third-order valence-electron chi connectivity index (χ3n) is 1.92. The molecule has 1 unspecified atom stereocenters. The van der Waals surface area contributed by atoms with Crippen LogP contribution in [0.5, 0.6) is 0 Å². The summed E-state index contributed by atoms with van der Waals surface area (Å²) in [4.78, 5) is 4.03. The van der Waals surface area contributed by atoms with Gasteiger partial charge in [-0.05, 0) is 13.0 Å². The number of rotatable bonds is 6. The van der Waals surface area contributed by atoms with E-state index in [0.717, 1.165) is 6.54 Å². The van der Waals surface area contributed by atoms with Crippen molar-refractivity contribution in [2.45, 2.75) is 19.5 Å². The molecule has 0 radical (unpaired) electrons. The van der Waals surface area contributed by atoms with Crippen LogP contribution in [0.4, 0.5) is 20.3 Å². The van der Waals surface area contributed by atoms with Crippen LogP contribution in [0.15, 0.2) is 18.3 Å². The lowest BCUT2D eigenvalue weighted by atomic mass is 10.3. The van der Waals surface area contributed by atoms with Gasteiger partial charge in [-0.15, -0.1) is 0 Å². The highest BCUT2D eigenvalue weighted by Crippen LogP contribution is 2.12. The molecule has 6 heteroatoms. The van der Waals surface area contributed by atoms with Crippen molar-refractivity contribution in [3.8, 4) is 0 Å². The van der Waals surface area contributed by atoms with Gasteiger partial charge < -0.3 is 15.7 Å². The molecule has 0 fully saturated rings. The van der Waals surface area contributed by atoms with Crippen LogP contribution in [0.25, 0.3) is 0 Å². The number of pyridine rings is 1. The first-order valence-electron chi connectivity index (χ1n) is 5.03. The van der Waals surface area contributed by atoms with E-state index in [4.69, 9.17) is 5.11 Å². The van der Waals surface area contributed by atoms with Gasteiger partial charge in [-0.3, -0.25) is 0 Å². The van der Waals surface area contributed by atoms with Gasteiger partial charge in [0.1, 0.15) is 11.9 Å². The van der Waals surface area contributed by atoms with Gasteiger partial charge in [0.2, 0.25) is 0 Å². The van der Waals surface area contributed by atoms with E-state index in [1.807, 2.05) is 6.92 Å². The van der Waals surface area contributed by atoms with Crippen LogP contribution >= 0.6 is 0 Å². The first-order valence-corrected chi connectivity index (χ1v) is 5.03. The Labute approximate surface area is 92.7 Å². The number of nitrogens with zero attached hydrogens (tertiary/aromatic N) is 1. The molecule has 1 aromatic heterocycles. The van der Waals surface area contributed by atoms with Crippen molar-refractivity contribution in [1.29, 1.82) is 0 Å². The minimum atomic E-state index is -2.73. The summed E-state index contributed by atoms with van der Waals surface area (Å²) >= 11 is 0. The molecule has 4 nitrogen and oxygen atoms in total. The number of nitrogens with one attached hydrogen (secondary N) is 2. The van der Waals surface area contributed by atoms with Crippen LogP contribution < -0.4 is 10.6 Å². The Morgan fingerprint density at radius 1 is 1.44 bits per heavy atom. The number of anilines is 2. The predicted octanol–water partition coefficient (Wildman–Crippen LogP) is 1.55. The summed E-state index contributed by atoms with van der Waals surface area (Å²) < 4.78 is 24.0. The SMILES string of the molecule is CCNc1cc(NCC(O)C(F)F)ccn1. The Balaban J connectivity index is 2.50. The molecule has 0 aliphatic carbocycles. The summed E-state index contributed by atoms with van der Waals surface area (Å²) in [6.45, 7) is 2.48. The van der Waals surface area contributed by atoms with Gasteiger partial charge in [0.15, 0.2) is 0 Å². The van der Waals surface area contributed by atoms with E-state index < -0.39 is 12.5 Å². The summed E-state index contributed by atoms with van der Waals surface area (Å²) in [5, 5.41) is 14.6. The molecule has 90 valence electrons. The zero-order chi connectivity index (χ0) is 12.0. The fraction of sp³-hybridized carbons (Fsp3) is 0.500. The second-order valence-corrected chi connectivity index (χ2v) is 3.24. The Morgan fingerprint density at radius 3 is 2.81 bits per heavy atom. The number of aliphatic hydroxyl groups excluding tert-OH is 1. The second-order valence-electron chi connectivity index (χ2n) is 3.24. The number of alkyl halides is 2. The van der Waals surface area contributed by atoms with Crippen LogP contribution in [0.2, 0.25) is 0 Å². The number of aliphatic hydroxyl groups is 1. The van der Waals surface area contributed by atoms with E-state index >= 15 is 0 Å². The van der Waals surface area contributed by atoms with E-state index in [1.54, 1.807) is 18.3 Å². The molecular weight excluding hydrogens is 216 g/mol. The molecule has 0 aliphatic rings. The number of hydrogen-bond donors (Lipinski definition) is 3. The van der Waals surface area contributed by atoms with Gasteiger partial charge in [0.25, 0.3) is 6.43 Å². The fourth-order valence-corrected chi connectivity index (χ4v) is 1.13. The lowest BCUT2D eigenvalue weighted by Gasteiger charge is -2.12. The minimum Gasteiger partial charge on any atom is -0.385 e. The number of aromatic nitrogens is 1. The van der Waals surface area contributed by atoms with E-state index in [1.165, 1.54) is 0 Å². The van der Waals surface area contributed by atoms with Crippen LogP contribution in [0.1, 0.15) is 6.92 Å². The van der Waals surface area contributed by atoms with E-state index in [-0.39, 0.29) is 6.54 Å². The van der Waals surface area contributed by atoms with Crippen molar-refractivity contribution in [3.63, 3.8) is 0 Å². The predicted molar refractivity (Wildman–Crippen MR) is 58.9 cm³/mol. The maximum atomic E-state index is 12.0. The molecule has 0 saturated carbocycles. The van der Waals surface area contributed by atoms with E-state index in [9.17, 15) is 8.78 Å². The molecular formula is C10H15F2N3O. The van der Waals surface area contributed by atoms with Gasteiger partial charge >= 0.3 is 0 Å². The standard InChI is InChI=1S/C10H15F2N3O/c1-2-13-9-5-7(3-4-14-9)15-6-8(16)10(11)12/h3-5,8,10,16H,2,6H2,1H3,(H2,13,14,15). The van der Waals surface area contributed by atoms with E-state index in [2.05, 4.69) is 15.6 Å². The molecule has 0 aromatic carbocycles. The highest BCUT2D eigenvalue weighted by atomic mass is 19.3. The lowest BCUT2D eigenvalue weighted by molar-refractivity contribution is 0.00384. The first kappa shape index (κ1) is 12.6. The Kier molecular flexibility index (Phi) is 4.91. The van der Waals surface area contributed by atoms with Crippen LogP contribution in [0, 0.1) is 0 Å². The largest absolute Gasteiger partial charge is 0.385 e. The van der Waals surface area contributed by atoms with Crippen molar-refractivity contribution in [2.75, 3.05) is 23.7 Å². The fourth-order valence-electron chi connectivity index (χ4n) is 1.13. The monoisotopic (exact) mass is 231 g/mol. The zero-order valence-corrected chi connectivity index (χ0v) is 8.95. The average molecular weight is 231 g/mol. The van der Waals surface area contributed by atoms with Gasteiger partial charge in [-0.25, -0.2) is 13.8 Å². The molecule has 0 aliphatic heterocycles. The number of hydrogen-bond acceptors (Lipinski definition) is 4. The van der Waals surface area contributed by atoms with Crippen LogP contribution in [0.3, 0.4) is 0 Å². The highest BCUT2D eigenvalue weighted by molar-refractivity contribution is 5.51. The smallest absolute Gasteiger partial charge is 0.265 e. The molecule has 1 aromatic rings. The molecule has 0 bridgehead atoms. The zero-order valence-electron chi connectivity index (χ0n) is 8.95. The highest BCUT2D eigenvalue weighted by Gasteiger charge is 2.15. The van der Waals surface area contributed by atoms with Crippen LogP contribution in [-0.4, -0.2) is 35.7 Å². The average Bonchev–Trinajstić information content (AvgIpc) is 2.26. The quantitative estimate of drug-likeness (QED) is 0.695. The molecule has 1 heterocycles. The summed E-state index contributed by atoms with van der Waals surface area (Å²) in [6.07, 6.45) is -2.83. The third kappa shape index (κ3) is 3.98. The van der Waals surface area contributed by atoms with Crippen molar-refractivity contribution < 1.29 is 13.9 Å². The third-order valence-corrected chi connectivity index (χ3v) is 1.92. The molecule has 1 rings (SSSR count). The van der Waals surface area contributed by atoms with Gasteiger partial charge in [-0.1, -0.05) is 0 Å². The van der Waals surface area contributed by atoms with Crippen molar-refractivity contribution >= 4 is 11.5 Å². The van der Waals surface area contributed by atoms with Crippen LogP contribution in [-0.2, 0) is 0 Å². The Hall–Kier alpha value is -1.43. The molecule has 0 saturated heterocycles. The van der Waals surface area contributed by atoms with Crippen molar-refractivity contribution in [1.82, 2.24) is 4.98 Å². The maximum Gasteiger partial charge on any atom is 0.265 e. The van der Waals surface area contributed by atoms with Gasteiger partial charge in [0.05, 0.1) is 0 Å². The number of halogens is 2. The van der Waals surface area contributed by atoms with Gasteiger partial charge in [-0.2, -0.15) is 0 Å². The van der Waals surface area contributed by atoms with Gasteiger partial charge in [0, 0.05) is 31.0 Å². The van der Waals surface area contributed by atoms with Crippen molar-refractivity contribution in [2.24, 2.45) is 0 Å². The first-order chi connectivity index (χ1) is 7.63. The normalized spacial score (nSPS) is 12.6. The molecule has 0 amide bonds. The molecule has 0 spiro atoms. The minimum absolute atomic E-state index is 0.187. The summed E-state index contributed by atoms with van der Waals surface area (Å²) in [5.74, 6) is 0.666. The summed E-state index contributed by atoms with van der Waals surface area (Å²) in [6, 6.07) is 3.35. The van der Waals surface area contributed by atoms with E-state index in [0.29, 0.717) is 11.5 Å².